The fourth-order valence-electron chi connectivity index (χ4n) is 9.39. The van der Waals surface area contributed by atoms with Crippen LogP contribution in [-0.4, -0.2) is 31.3 Å². The van der Waals surface area contributed by atoms with Gasteiger partial charge in [0.15, 0.2) is 0 Å². The number of aromatic nitrogens is 2. The molecule has 0 spiro atoms. The molecule has 6 heteroatoms. The molecule has 10 aromatic rings. The van der Waals surface area contributed by atoms with Gasteiger partial charge < -0.3 is 14.4 Å². The molecule has 0 saturated heterocycles. The van der Waals surface area contributed by atoms with Crippen LogP contribution in [0, 0.1) is 12.1 Å². The maximum Gasteiger partial charge on any atom is 2.00 e. The van der Waals surface area contributed by atoms with Crippen molar-refractivity contribution in [3.63, 3.8) is 0 Å². The Hall–Kier alpha value is -6.78. The van der Waals surface area contributed by atoms with Crippen LogP contribution in [-0.2, 0) is 21.1 Å². The Morgan fingerprint density at radius 3 is 1.85 bits per heavy atom. The summed E-state index contributed by atoms with van der Waals surface area (Å²) in [6, 6.07) is 82.7. The summed E-state index contributed by atoms with van der Waals surface area (Å²) in [7, 11) is -0.916. The summed E-state index contributed by atoms with van der Waals surface area (Å²) >= 11 is 0. The largest absolute Gasteiger partial charge is 2.00 e. The van der Waals surface area contributed by atoms with E-state index in [1.54, 1.807) is 0 Å². The van der Waals surface area contributed by atoms with Crippen LogP contribution in [0.15, 0.2) is 212 Å². The Morgan fingerprint density at radius 1 is 0.508 bits per heavy atom. The van der Waals surface area contributed by atoms with Crippen LogP contribution in [0.3, 0.4) is 0 Å². The number of benzene rings is 8. The standard InChI is InChI=1S/C55H40N4Si.Pt/c1-57-39-58(53-31-16-15-30-52(53)57)42-20-17-25-45(37-42)60(43-21-7-3-8-22-43,44-23-9-4-10-24-44)46-32-33-50-49-28-13-14-29-51(49)59(54(50)38-46)55-36-41(34-35-56-55)48-27-12-11-26-47(48)40-18-5-2-6-19-40;/h2-36H,39H2,1H3;/q-2;+2. The van der Waals surface area contributed by atoms with Gasteiger partial charge in [-0.15, -0.1) is 11.5 Å². The molecule has 0 saturated carbocycles. The molecule has 0 atom stereocenters. The van der Waals surface area contributed by atoms with Gasteiger partial charge in [-0.25, -0.2) is 4.98 Å². The summed E-state index contributed by atoms with van der Waals surface area (Å²) in [5.41, 5.74) is 10.2. The van der Waals surface area contributed by atoms with Gasteiger partial charge in [0.25, 0.3) is 0 Å². The van der Waals surface area contributed by atoms with Crippen molar-refractivity contribution in [1.82, 2.24) is 9.55 Å². The molecule has 0 bridgehead atoms. The molecular formula is C55H40N4PtSi. The predicted molar refractivity (Wildman–Crippen MR) is 253 cm³/mol. The van der Waals surface area contributed by atoms with Gasteiger partial charge in [0.2, 0.25) is 0 Å². The topological polar surface area (TPSA) is 24.3 Å². The van der Waals surface area contributed by atoms with Crippen molar-refractivity contribution in [3.05, 3.63) is 225 Å². The SMILES string of the molecule is CN1CN(c2[c-]c([Si](c3[c-]c4c(cc3)c3ccccc3n4-c3cc(-c4ccccc4-c4ccccc4)ccn3)(c3ccccc3)c3ccccc3)ccc2)c2ccccc21.[Pt+2]. The zero-order valence-electron chi connectivity index (χ0n) is 33.5. The van der Waals surface area contributed by atoms with E-state index in [4.69, 9.17) is 4.98 Å². The van der Waals surface area contributed by atoms with Gasteiger partial charge in [-0.05, 0) is 68.3 Å². The van der Waals surface area contributed by atoms with Crippen molar-refractivity contribution >= 4 is 67.7 Å². The average molecular weight is 980 g/mol. The summed E-state index contributed by atoms with van der Waals surface area (Å²) in [6.45, 7) is 0.755. The fourth-order valence-corrected chi connectivity index (χ4v) is 13.9. The van der Waals surface area contributed by atoms with Crippen molar-refractivity contribution in [2.75, 3.05) is 23.5 Å². The molecule has 3 heterocycles. The summed E-state index contributed by atoms with van der Waals surface area (Å²) in [5, 5.41) is 7.21. The van der Waals surface area contributed by atoms with E-state index in [1.165, 1.54) is 49.0 Å². The molecule has 1 aliphatic heterocycles. The molecular weight excluding hydrogens is 940 g/mol. The first-order valence-corrected chi connectivity index (χ1v) is 22.5. The first-order valence-electron chi connectivity index (χ1n) is 20.5. The third-order valence-electron chi connectivity index (χ3n) is 12.1. The summed E-state index contributed by atoms with van der Waals surface area (Å²) in [5.74, 6) is 0.854. The second kappa shape index (κ2) is 16.0. The van der Waals surface area contributed by atoms with Crippen LogP contribution >= 0.6 is 0 Å². The molecule has 0 radical (unpaired) electrons. The summed E-state index contributed by atoms with van der Waals surface area (Å²) in [6.07, 6.45) is 1.94. The number of nitrogens with zero attached hydrogens (tertiary/aromatic N) is 4. The number of para-hydroxylation sites is 3. The number of anilines is 3. The predicted octanol–water partition coefficient (Wildman–Crippen LogP) is 10.0. The van der Waals surface area contributed by atoms with Gasteiger partial charge >= 0.3 is 21.1 Å². The Kier molecular flexibility index (Phi) is 10.1. The zero-order valence-corrected chi connectivity index (χ0v) is 36.8. The van der Waals surface area contributed by atoms with Gasteiger partial charge in [0, 0.05) is 18.8 Å². The van der Waals surface area contributed by atoms with Gasteiger partial charge in [0.1, 0.15) is 13.9 Å². The third kappa shape index (κ3) is 6.44. The molecule has 8 aromatic carbocycles. The molecule has 1 aliphatic rings. The zero-order chi connectivity index (χ0) is 40.0. The summed E-state index contributed by atoms with van der Waals surface area (Å²) < 4.78 is 2.31. The van der Waals surface area contributed by atoms with E-state index < -0.39 is 8.07 Å². The molecule has 61 heavy (non-hydrogen) atoms. The van der Waals surface area contributed by atoms with Crippen LogP contribution in [0.2, 0.25) is 0 Å². The van der Waals surface area contributed by atoms with E-state index in [0.29, 0.717) is 0 Å². The molecule has 4 nitrogen and oxygen atoms in total. The van der Waals surface area contributed by atoms with Gasteiger partial charge in [-0.2, -0.15) is 46.8 Å². The van der Waals surface area contributed by atoms with E-state index in [1.807, 2.05) is 6.20 Å². The van der Waals surface area contributed by atoms with Crippen molar-refractivity contribution in [2.24, 2.45) is 0 Å². The second-order valence-electron chi connectivity index (χ2n) is 15.5. The van der Waals surface area contributed by atoms with E-state index in [2.05, 4.69) is 240 Å². The summed E-state index contributed by atoms with van der Waals surface area (Å²) in [4.78, 5) is 9.78. The number of hydrogen-bond donors (Lipinski definition) is 0. The van der Waals surface area contributed by atoms with Crippen LogP contribution in [0.25, 0.3) is 49.9 Å². The monoisotopic (exact) mass is 979 g/mol. The third-order valence-corrected chi connectivity index (χ3v) is 16.7. The van der Waals surface area contributed by atoms with E-state index in [9.17, 15) is 0 Å². The number of rotatable bonds is 8. The first-order chi connectivity index (χ1) is 29.7. The quantitative estimate of drug-likeness (QED) is 0.0862. The molecule has 2 aromatic heterocycles. The maximum absolute atomic E-state index is 5.10. The Morgan fingerprint density at radius 2 is 1.11 bits per heavy atom. The van der Waals surface area contributed by atoms with E-state index in [0.717, 1.165) is 45.3 Å². The van der Waals surface area contributed by atoms with Crippen molar-refractivity contribution in [1.29, 1.82) is 0 Å². The van der Waals surface area contributed by atoms with Crippen LogP contribution in [0.5, 0.6) is 0 Å². The number of hydrogen-bond acceptors (Lipinski definition) is 3. The van der Waals surface area contributed by atoms with Gasteiger partial charge in [-0.3, -0.25) is 0 Å². The number of pyridine rings is 1. The minimum Gasteiger partial charge on any atom is -0.355 e. The Labute approximate surface area is 372 Å². The smallest absolute Gasteiger partial charge is 0.355 e. The number of fused-ring (bicyclic) bond motifs is 4. The Balaban J connectivity index is 0.00000445. The van der Waals surface area contributed by atoms with Crippen LogP contribution < -0.4 is 30.5 Å². The van der Waals surface area contributed by atoms with Crippen LogP contribution in [0.1, 0.15) is 0 Å². The average Bonchev–Trinajstić information content (AvgIpc) is 3.84. The molecule has 294 valence electrons. The fraction of sp³-hybridized carbons (Fsp3) is 0.0364. The molecule has 0 fully saturated rings. The van der Waals surface area contributed by atoms with E-state index >= 15 is 0 Å². The maximum atomic E-state index is 5.10. The Bertz CT molecular complexity index is 3130. The van der Waals surface area contributed by atoms with Gasteiger partial charge in [-0.1, -0.05) is 157 Å². The molecule has 0 amide bonds. The minimum atomic E-state index is -3.07. The van der Waals surface area contributed by atoms with Crippen molar-refractivity contribution in [2.45, 2.75) is 0 Å². The first kappa shape index (κ1) is 38.4. The van der Waals surface area contributed by atoms with Crippen molar-refractivity contribution in [3.8, 4) is 28.1 Å². The van der Waals surface area contributed by atoms with Gasteiger partial charge in [0.05, 0.1) is 18.0 Å². The second-order valence-corrected chi connectivity index (χ2v) is 19.2. The van der Waals surface area contributed by atoms with E-state index in [-0.39, 0.29) is 21.1 Å². The molecule has 11 rings (SSSR count). The minimum absolute atomic E-state index is 0. The van der Waals surface area contributed by atoms with Crippen molar-refractivity contribution < 1.29 is 21.1 Å². The molecule has 0 unspecified atom stereocenters. The molecule has 0 N–H and O–H groups in total. The van der Waals surface area contributed by atoms with Crippen LogP contribution in [0.4, 0.5) is 17.1 Å². The normalized spacial score (nSPS) is 12.4. The molecule has 0 aliphatic carbocycles.